The van der Waals surface area contributed by atoms with Gasteiger partial charge in [0.15, 0.2) is 0 Å². The number of nitrogens with one attached hydrogen (secondary N) is 2. The van der Waals surface area contributed by atoms with E-state index in [9.17, 15) is 13.2 Å². The van der Waals surface area contributed by atoms with Crippen molar-refractivity contribution in [3.8, 4) is 0 Å². The van der Waals surface area contributed by atoms with E-state index in [0.29, 0.717) is 27.8 Å². The highest BCUT2D eigenvalue weighted by Gasteiger charge is 2.14. The zero-order valence-electron chi connectivity index (χ0n) is 14.5. The van der Waals surface area contributed by atoms with E-state index in [2.05, 4.69) is 10.0 Å². The molecule has 0 heterocycles. The maximum Gasteiger partial charge on any atom is 0.261 e. The number of halogens is 2. The van der Waals surface area contributed by atoms with Gasteiger partial charge in [-0.15, -0.1) is 0 Å². The highest BCUT2D eigenvalue weighted by Crippen LogP contribution is 2.19. The van der Waals surface area contributed by atoms with Gasteiger partial charge in [-0.25, -0.2) is 8.42 Å². The number of carbonyl (C=O) groups is 1. The summed E-state index contributed by atoms with van der Waals surface area (Å²) in [5.41, 5.74) is 1.64. The van der Waals surface area contributed by atoms with Crippen LogP contribution in [0, 0.1) is 0 Å². The van der Waals surface area contributed by atoms with Crippen molar-refractivity contribution < 1.29 is 13.2 Å². The molecule has 3 aromatic carbocycles. The molecule has 0 aliphatic carbocycles. The molecule has 0 aliphatic rings. The molecule has 144 valence electrons. The van der Waals surface area contributed by atoms with Crippen molar-refractivity contribution in [3.63, 3.8) is 0 Å². The summed E-state index contributed by atoms with van der Waals surface area (Å²) >= 11 is 11.7. The van der Waals surface area contributed by atoms with Crippen molar-refractivity contribution in [3.05, 3.63) is 94.0 Å². The summed E-state index contributed by atoms with van der Waals surface area (Å²) in [5.74, 6) is -0.271. The van der Waals surface area contributed by atoms with Crippen molar-refractivity contribution in [1.82, 2.24) is 5.32 Å². The maximum absolute atomic E-state index is 12.4. The van der Waals surface area contributed by atoms with Crippen molar-refractivity contribution in [2.45, 2.75) is 11.4 Å². The summed E-state index contributed by atoms with van der Waals surface area (Å²) in [6.45, 7) is 0.338. The van der Waals surface area contributed by atoms with E-state index in [4.69, 9.17) is 23.2 Å². The molecule has 0 bridgehead atoms. The number of hydrogen-bond donors (Lipinski definition) is 2. The Bertz CT molecular complexity index is 1080. The summed E-state index contributed by atoms with van der Waals surface area (Å²) in [4.78, 5) is 12.4. The lowest BCUT2D eigenvalue weighted by atomic mass is 10.2. The van der Waals surface area contributed by atoms with Gasteiger partial charge in [0.05, 0.1) is 4.90 Å². The molecule has 0 saturated carbocycles. The van der Waals surface area contributed by atoms with Gasteiger partial charge in [0.25, 0.3) is 15.9 Å². The number of rotatable bonds is 6. The van der Waals surface area contributed by atoms with Crippen LogP contribution in [0.4, 0.5) is 5.69 Å². The van der Waals surface area contributed by atoms with Crippen LogP contribution < -0.4 is 10.0 Å². The Morgan fingerprint density at radius 1 is 0.857 bits per heavy atom. The standard InChI is InChI=1S/C20H16Cl2N2O3S/c21-16-6-10-19(11-7-16)28(26,27)24-18-8-4-15(5-9-18)20(25)23-13-14-2-1-3-17(22)12-14/h1-12,24H,13H2,(H,23,25). The molecule has 5 nitrogen and oxygen atoms in total. The lowest BCUT2D eigenvalue weighted by molar-refractivity contribution is 0.0951. The van der Waals surface area contributed by atoms with Gasteiger partial charge in [-0.1, -0.05) is 35.3 Å². The Morgan fingerprint density at radius 2 is 1.54 bits per heavy atom. The van der Waals surface area contributed by atoms with Gasteiger partial charge in [0.2, 0.25) is 0 Å². The number of carbonyl (C=O) groups excluding carboxylic acids is 1. The van der Waals surface area contributed by atoms with E-state index < -0.39 is 10.0 Å². The normalized spacial score (nSPS) is 11.1. The predicted molar refractivity (Wildman–Crippen MR) is 111 cm³/mol. The van der Waals surface area contributed by atoms with E-state index in [1.165, 1.54) is 36.4 Å². The fraction of sp³-hybridized carbons (Fsp3) is 0.0500. The molecule has 28 heavy (non-hydrogen) atoms. The monoisotopic (exact) mass is 434 g/mol. The van der Waals surface area contributed by atoms with Crippen molar-refractivity contribution in [2.24, 2.45) is 0 Å². The molecule has 3 rings (SSSR count). The van der Waals surface area contributed by atoms with Crippen LogP contribution in [-0.4, -0.2) is 14.3 Å². The Kier molecular flexibility index (Phi) is 6.24. The number of anilines is 1. The smallest absolute Gasteiger partial charge is 0.261 e. The number of amides is 1. The lowest BCUT2D eigenvalue weighted by Crippen LogP contribution is -2.22. The van der Waals surface area contributed by atoms with Crippen LogP contribution in [0.25, 0.3) is 0 Å². The van der Waals surface area contributed by atoms with Gasteiger partial charge >= 0.3 is 0 Å². The molecule has 2 N–H and O–H groups in total. The summed E-state index contributed by atoms with van der Waals surface area (Å²) in [7, 11) is -3.74. The largest absolute Gasteiger partial charge is 0.348 e. The maximum atomic E-state index is 12.4. The van der Waals surface area contributed by atoms with Gasteiger partial charge in [0.1, 0.15) is 0 Å². The molecule has 0 saturated heterocycles. The van der Waals surface area contributed by atoms with Crippen LogP contribution >= 0.6 is 23.2 Å². The molecule has 0 spiro atoms. The van der Waals surface area contributed by atoms with Gasteiger partial charge in [0, 0.05) is 27.8 Å². The molecule has 0 fully saturated rings. The van der Waals surface area contributed by atoms with Crippen LogP contribution in [0.3, 0.4) is 0 Å². The molecule has 0 unspecified atom stereocenters. The topological polar surface area (TPSA) is 75.3 Å². The second kappa shape index (κ2) is 8.65. The third-order valence-electron chi connectivity index (χ3n) is 3.87. The molecule has 8 heteroatoms. The number of hydrogen-bond acceptors (Lipinski definition) is 3. The first-order valence-corrected chi connectivity index (χ1v) is 10.5. The van der Waals surface area contributed by atoms with Gasteiger partial charge in [-0.05, 0) is 66.2 Å². The van der Waals surface area contributed by atoms with Gasteiger partial charge in [-0.2, -0.15) is 0 Å². The van der Waals surface area contributed by atoms with Gasteiger partial charge in [-0.3, -0.25) is 9.52 Å². The fourth-order valence-electron chi connectivity index (χ4n) is 2.45. The summed E-state index contributed by atoms with van der Waals surface area (Å²) in [6.07, 6.45) is 0. The molecular weight excluding hydrogens is 419 g/mol. The highest BCUT2D eigenvalue weighted by molar-refractivity contribution is 7.92. The highest BCUT2D eigenvalue weighted by atomic mass is 35.5. The average Bonchev–Trinajstić information content (AvgIpc) is 2.67. The van der Waals surface area contributed by atoms with Crippen molar-refractivity contribution in [2.75, 3.05) is 4.72 Å². The van der Waals surface area contributed by atoms with Crippen LogP contribution in [0.5, 0.6) is 0 Å². The third kappa shape index (κ3) is 5.25. The van der Waals surface area contributed by atoms with E-state index in [1.54, 1.807) is 24.3 Å². The van der Waals surface area contributed by atoms with Crippen molar-refractivity contribution >= 4 is 44.8 Å². The second-order valence-corrected chi connectivity index (χ2v) is 8.50. The van der Waals surface area contributed by atoms with Crippen LogP contribution in [-0.2, 0) is 16.6 Å². The van der Waals surface area contributed by atoms with E-state index in [1.807, 2.05) is 12.1 Å². The Hall–Kier alpha value is -2.54. The summed E-state index contributed by atoms with van der Waals surface area (Å²) in [5, 5.41) is 3.84. The Balaban J connectivity index is 1.64. The minimum absolute atomic E-state index is 0.0974. The molecule has 0 aliphatic heterocycles. The fourth-order valence-corrected chi connectivity index (χ4v) is 3.85. The third-order valence-corrected chi connectivity index (χ3v) is 5.75. The van der Waals surface area contributed by atoms with E-state index >= 15 is 0 Å². The minimum atomic E-state index is -3.74. The van der Waals surface area contributed by atoms with Crippen molar-refractivity contribution in [1.29, 1.82) is 0 Å². The Morgan fingerprint density at radius 3 is 2.18 bits per heavy atom. The van der Waals surface area contributed by atoms with Crippen LogP contribution in [0.2, 0.25) is 10.0 Å². The predicted octanol–water partition coefficient (Wildman–Crippen LogP) is 4.72. The first-order valence-electron chi connectivity index (χ1n) is 8.24. The van der Waals surface area contributed by atoms with Crippen LogP contribution in [0.1, 0.15) is 15.9 Å². The Labute approximate surface area is 173 Å². The molecule has 0 atom stereocenters. The average molecular weight is 435 g/mol. The molecule has 0 aromatic heterocycles. The molecule has 1 amide bonds. The second-order valence-electron chi connectivity index (χ2n) is 5.95. The van der Waals surface area contributed by atoms with E-state index in [0.717, 1.165) is 5.56 Å². The van der Waals surface area contributed by atoms with E-state index in [-0.39, 0.29) is 10.8 Å². The minimum Gasteiger partial charge on any atom is -0.348 e. The van der Waals surface area contributed by atoms with Crippen LogP contribution in [0.15, 0.2) is 77.7 Å². The summed E-state index contributed by atoms with van der Waals surface area (Å²) < 4.78 is 27.2. The van der Waals surface area contributed by atoms with Gasteiger partial charge < -0.3 is 5.32 Å². The SMILES string of the molecule is O=C(NCc1cccc(Cl)c1)c1ccc(NS(=O)(=O)c2ccc(Cl)cc2)cc1. The lowest BCUT2D eigenvalue weighted by Gasteiger charge is -2.09. The first kappa shape index (κ1) is 20.2. The first-order chi connectivity index (χ1) is 13.3. The zero-order valence-corrected chi connectivity index (χ0v) is 16.9. The molecule has 0 radical (unpaired) electrons. The molecular formula is C20H16Cl2N2O3S. The quantitative estimate of drug-likeness (QED) is 0.588. The number of benzene rings is 3. The number of sulfonamides is 1. The molecule has 3 aromatic rings. The summed E-state index contributed by atoms with van der Waals surface area (Å²) in [6, 6.07) is 19.2. The zero-order chi connectivity index (χ0) is 20.1.